The van der Waals surface area contributed by atoms with Gasteiger partial charge in [-0.1, -0.05) is 6.92 Å². The second-order valence-corrected chi connectivity index (χ2v) is 3.28. The van der Waals surface area contributed by atoms with Crippen molar-refractivity contribution in [1.29, 1.82) is 0 Å². The lowest BCUT2D eigenvalue weighted by Gasteiger charge is -2.27. The first-order chi connectivity index (χ1) is 7.17. The minimum Gasteiger partial charge on any atom is -0.480 e. The van der Waals surface area contributed by atoms with E-state index >= 15 is 0 Å². The zero-order valence-electron chi connectivity index (χ0n) is 9.73. The summed E-state index contributed by atoms with van der Waals surface area (Å²) >= 11 is 0. The monoisotopic (exact) mass is 219 g/mol. The molecule has 0 aliphatic heterocycles. The van der Waals surface area contributed by atoms with Crippen molar-refractivity contribution in [2.24, 2.45) is 0 Å². The highest BCUT2D eigenvalue weighted by Crippen LogP contribution is 2.04. The summed E-state index contributed by atoms with van der Waals surface area (Å²) in [6.45, 7) is 4.17. The third kappa shape index (κ3) is 5.71. The number of hydrogen-bond acceptors (Lipinski definition) is 4. The van der Waals surface area contributed by atoms with Crippen LogP contribution in [-0.4, -0.2) is 62.5 Å². The third-order valence-electron chi connectivity index (χ3n) is 2.28. The van der Waals surface area contributed by atoms with E-state index in [-0.39, 0.29) is 0 Å². The van der Waals surface area contributed by atoms with E-state index < -0.39 is 12.0 Å². The van der Waals surface area contributed by atoms with Gasteiger partial charge in [-0.3, -0.25) is 9.69 Å². The molecule has 0 aromatic heterocycles. The zero-order chi connectivity index (χ0) is 11.7. The molecule has 0 aromatic carbocycles. The van der Waals surface area contributed by atoms with Gasteiger partial charge in [-0.05, 0) is 6.42 Å². The Morgan fingerprint density at radius 3 is 2.00 bits per heavy atom. The van der Waals surface area contributed by atoms with Gasteiger partial charge >= 0.3 is 5.97 Å². The summed E-state index contributed by atoms with van der Waals surface area (Å²) in [5.41, 5.74) is 0. The molecule has 90 valence electrons. The molecule has 15 heavy (non-hydrogen) atoms. The van der Waals surface area contributed by atoms with Crippen molar-refractivity contribution in [3.63, 3.8) is 0 Å². The average molecular weight is 219 g/mol. The Morgan fingerprint density at radius 2 is 1.73 bits per heavy atom. The van der Waals surface area contributed by atoms with Crippen molar-refractivity contribution >= 4 is 5.97 Å². The van der Waals surface area contributed by atoms with E-state index in [9.17, 15) is 4.79 Å². The number of carboxylic acid groups (broad SMARTS) is 1. The Labute approximate surface area is 91.0 Å². The van der Waals surface area contributed by atoms with Gasteiger partial charge in [-0.15, -0.1) is 0 Å². The highest BCUT2D eigenvalue weighted by Gasteiger charge is 2.22. The summed E-state index contributed by atoms with van der Waals surface area (Å²) in [6.07, 6.45) is 0.586. The van der Waals surface area contributed by atoms with Crippen LogP contribution in [0.15, 0.2) is 0 Å². The molecule has 0 saturated heterocycles. The number of carboxylic acids is 1. The number of carbonyl (C=O) groups is 1. The summed E-state index contributed by atoms with van der Waals surface area (Å²) in [7, 11) is 3.21. The Bertz CT molecular complexity index is 167. The fraction of sp³-hybridized carbons (Fsp3) is 0.900. The first kappa shape index (κ1) is 14.3. The average Bonchev–Trinajstić information content (AvgIpc) is 2.21. The van der Waals surface area contributed by atoms with Gasteiger partial charge in [0.25, 0.3) is 0 Å². The van der Waals surface area contributed by atoms with Crippen LogP contribution in [0.25, 0.3) is 0 Å². The van der Waals surface area contributed by atoms with Gasteiger partial charge in [0.2, 0.25) is 0 Å². The third-order valence-corrected chi connectivity index (χ3v) is 2.28. The number of aliphatic carboxylic acids is 1. The zero-order valence-corrected chi connectivity index (χ0v) is 9.73. The molecular formula is C10H21NO4. The van der Waals surface area contributed by atoms with Gasteiger partial charge in [0.1, 0.15) is 6.04 Å². The highest BCUT2D eigenvalue weighted by molar-refractivity contribution is 5.73. The first-order valence-electron chi connectivity index (χ1n) is 5.12. The van der Waals surface area contributed by atoms with Gasteiger partial charge in [0.15, 0.2) is 0 Å². The van der Waals surface area contributed by atoms with E-state index in [1.807, 2.05) is 11.8 Å². The lowest BCUT2D eigenvalue weighted by atomic mass is 10.2. The lowest BCUT2D eigenvalue weighted by molar-refractivity contribution is -0.143. The van der Waals surface area contributed by atoms with Crippen LogP contribution in [0.2, 0.25) is 0 Å². The number of rotatable bonds is 9. The SMILES string of the molecule is CC[C@H](C(=O)O)N(CCOC)CCOC. The molecule has 0 fully saturated rings. The van der Waals surface area contributed by atoms with E-state index in [2.05, 4.69) is 0 Å². The summed E-state index contributed by atoms with van der Waals surface area (Å²) in [5.74, 6) is -0.787. The number of hydrogen-bond donors (Lipinski definition) is 1. The molecule has 5 heteroatoms. The molecule has 5 nitrogen and oxygen atoms in total. The predicted octanol–water partition coefficient (Wildman–Crippen LogP) is 0.444. The molecule has 0 amide bonds. The second kappa shape index (κ2) is 8.64. The molecule has 0 unspecified atom stereocenters. The molecule has 0 bridgehead atoms. The fourth-order valence-electron chi connectivity index (χ4n) is 1.43. The molecule has 0 aliphatic carbocycles. The molecule has 0 aromatic rings. The van der Waals surface area contributed by atoms with Gasteiger partial charge in [0.05, 0.1) is 13.2 Å². The molecule has 0 saturated carbocycles. The van der Waals surface area contributed by atoms with E-state index in [1.165, 1.54) is 0 Å². The summed E-state index contributed by atoms with van der Waals surface area (Å²) in [5, 5.41) is 9.02. The Kier molecular flexibility index (Phi) is 8.27. The van der Waals surface area contributed by atoms with E-state index in [0.29, 0.717) is 32.7 Å². The first-order valence-corrected chi connectivity index (χ1v) is 5.12. The largest absolute Gasteiger partial charge is 0.480 e. The van der Waals surface area contributed by atoms with Crippen LogP contribution in [-0.2, 0) is 14.3 Å². The summed E-state index contributed by atoms with van der Waals surface area (Å²) in [6, 6.07) is -0.449. The van der Waals surface area contributed by atoms with Crippen LogP contribution in [0, 0.1) is 0 Å². The maximum Gasteiger partial charge on any atom is 0.320 e. The number of ether oxygens (including phenoxy) is 2. The minimum absolute atomic E-state index is 0.449. The maximum absolute atomic E-state index is 11.0. The van der Waals surface area contributed by atoms with Gasteiger partial charge < -0.3 is 14.6 Å². The van der Waals surface area contributed by atoms with E-state index in [1.54, 1.807) is 14.2 Å². The van der Waals surface area contributed by atoms with Crippen LogP contribution >= 0.6 is 0 Å². The Balaban J connectivity index is 4.22. The van der Waals surface area contributed by atoms with Crippen molar-refractivity contribution in [1.82, 2.24) is 4.90 Å². The topological polar surface area (TPSA) is 59.0 Å². The van der Waals surface area contributed by atoms with Crippen molar-refractivity contribution in [3.05, 3.63) is 0 Å². The smallest absolute Gasteiger partial charge is 0.320 e. The van der Waals surface area contributed by atoms with Crippen LogP contribution in [0.5, 0.6) is 0 Å². The second-order valence-electron chi connectivity index (χ2n) is 3.28. The van der Waals surface area contributed by atoms with Gasteiger partial charge in [-0.25, -0.2) is 0 Å². The van der Waals surface area contributed by atoms with Gasteiger partial charge in [0, 0.05) is 27.3 Å². The van der Waals surface area contributed by atoms with Crippen molar-refractivity contribution in [3.8, 4) is 0 Å². The molecule has 0 spiro atoms. The highest BCUT2D eigenvalue weighted by atomic mass is 16.5. The van der Waals surface area contributed by atoms with Crippen LogP contribution in [0.4, 0.5) is 0 Å². The quantitative estimate of drug-likeness (QED) is 0.610. The molecule has 1 N–H and O–H groups in total. The normalized spacial score (nSPS) is 13.1. The summed E-state index contributed by atoms with van der Waals surface area (Å²) < 4.78 is 9.90. The molecule has 0 heterocycles. The Morgan fingerprint density at radius 1 is 1.27 bits per heavy atom. The number of methoxy groups -OCH3 is 2. The minimum atomic E-state index is -0.787. The van der Waals surface area contributed by atoms with Crippen molar-refractivity contribution < 1.29 is 19.4 Å². The van der Waals surface area contributed by atoms with E-state index in [4.69, 9.17) is 14.6 Å². The molecule has 0 radical (unpaired) electrons. The van der Waals surface area contributed by atoms with Gasteiger partial charge in [-0.2, -0.15) is 0 Å². The van der Waals surface area contributed by atoms with Crippen LogP contribution < -0.4 is 0 Å². The molecule has 1 atom stereocenters. The molecule has 0 rings (SSSR count). The molecule has 0 aliphatic rings. The standard InChI is InChI=1S/C10H21NO4/c1-4-9(10(12)13)11(5-7-14-2)6-8-15-3/h9H,4-8H2,1-3H3,(H,12,13)/t9-/m1/s1. The van der Waals surface area contributed by atoms with E-state index in [0.717, 1.165) is 0 Å². The van der Waals surface area contributed by atoms with Crippen molar-refractivity contribution in [2.75, 3.05) is 40.5 Å². The Hall–Kier alpha value is -0.650. The van der Waals surface area contributed by atoms with Crippen LogP contribution in [0.1, 0.15) is 13.3 Å². The summed E-state index contributed by atoms with van der Waals surface area (Å²) in [4.78, 5) is 12.8. The molecular weight excluding hydrogens is 198 g/mol. The maximum atomic E-state index is 11.0. The predicted molar refractivity (Wildman–Crippen MR) is 57.0 cm³/mol. The lowest BCUT2D eigenvalue weighted by Crippen LogP contribution is -2.44. The van der Waals surface area contributed by atoms with Crippen molar-refractivity contribution in [2.45, 2.75) is 19.4 Å². The van der Waals surface area contributed by atoms with Crippen LogP contribution in [0.3, 0.4) is 0 Å². The number of nitrogens with zero attached hydrogens (tertiary/aromatic N) is 1. The fourth-order valence-corrected chi connectivity index (χ4v) is 1.43.